The van der Waals surface area contributed by atoms with Crippen LogP contribution in [0.3, 0.4) is 0 Å². The van der Waals surface area contributed by atoms with Crippen molar-refractivity contribution in [1.82, 2.24) is 10.2 Å². The number of hydrogen-bond donors (Lipinski definition) is 1. The highest BCUT2D eigenvalue weighted by atomic mass is 32.2. The third kappa shape index (κ3) is 4.22. The van der Waals surface area contributed by atoms with Crippen LogP contribution >= 0.6 is 11.8 Å². The van der Waals surface area contributed by atoms with Gasteiger partial charge in [0, 0.05) is 11.8 Å². The highest BCUT2D eigenvalue weighted by Crippen LogP contribution is 2.13. The zero-order chi connectivity index (χ0) is 12.8. The standard InChI is InChI=1S/C12H22N2O2S/c1-4-5-10-12(16)14(8-11(15)13-10)7-6-9(2)17-3/h9-10H,4-8H2,1-3H3,(H,13,15). The minimum Gasteiger partial charge on any atom is -0.343 e. The highest BCUT2D eigenvalue weighted by molar-refractivity contribution is 7.99. The van der Waals surface area contributed by atoms with E-state index in [0.717, 1.165) is 19.3 Å². The molecule has 0 aromatic rings. The first-order valence-corrected chi connectivity index (χ1v) is 7.48. The Bertz CT molecular complexity index is 284. The number of carbonyl (C=O) groups is 2. The Labute approximate surface area is 108 Å². The number of amides is 2. The van der Waals surface area contributed by atoms with Gasteiger partial charge in [0.1, 0.15) is 6.04 Å². The van der Waals surface area contributed by atoms with Crippen molar-refractivity contribution in [1.29, 1.82) is 0 Å². The predicted molar refractivity (Wildman–Crippen MR) is 71.0 cm³/mol. The molecule has 1 heterocycles. The Kier molecular flexibility index (Phi) is 5.82. The molecule has 0 aliphatic carbocycles. The van der Waals surface area contributed by atoms with Crippen LogP contribution < -0.4 is 5.32 Å². The topological polar surface area (TPSA) is 49.4 Å². The molecule has 2 amide bonds. The Hall–Kier alpha value is -0.710. The van der Waals surface area contributed by atoms with E-state index in [1.165, 1.54) is 0 Å². The van der Waals surface area contributed by atoms with Crippen LogP contribution in [-0.4, -0.2) is 47.4 Å². The molecule has 1 saturated heterocycles. The first kappa shape index (κ1) is 14.4. The van der Waals surface area contributed by atoms with Crippen molar-refractivity contribution in [2.75, 3.05) is 19.3 Å². The van der Waals surface area contributed by atoms with Gasteiger partial charge < -0.3 is 10.2 Å². The Morgan fingerprint density at radius 1 is 1.53 bits per heavy atom. The second-order valence-electron chi connectivity index (χ2n) is 4.50. The minimum atomic E-state index is -0.300. The SMILES string of the molecule is CCCC1NC(=O)CN(CCC(C)SC)C1=O. The zero-order valence-corrected chi connectivity index (χ0v) is 11.7. The molecule has 1 N–H and O–H groups in total. The van der Waals surface area contributed by atoms with Crippen LogP contribution in [0.1, 0.15) is 33.1 Å². The Balaban J connectivity index is 2.52. The van der Waals surface area contributed by atoms with E-state index in [-0.39, 0.29) is 24.4 Å². The molecule has 0 aromatic heterocycles. The Morgan fingerprint density at radius 2 is 2.24 bits per heavy atom. The fraction of sp³-hybridized carbons (Fsp3) is 0.833. The van der Waals surface area contributed by atoms with Crippen LogP contribution in [0.15, 0.2) is 0 Å². The lowest BCUT2D eigenvalue weighted by molar-refractivity contribution is -0.144. The molecule has 0 spiro atoms. The summed E-state index contributed by atoms with van der Waals surface area (Å²) >= 11 is 1.79. The lowest BCUT2D eigenvalue weighted by Gasteiger charge is -2.33. The number of nitrogens with zero attached hydrogens (tertiary/aromatic N) is 1. The smallest absolute Gasteiger partial charge is 0.245 e. The maximum absolute atomic E-state index is 12.1. The third-order valence-corrected chi connectivity index (χ3v) is 4.11. The molecule has 0 aromatic carbocycles. The summed E-state index contributed by atoms with van der Waals surface area (Å²) in [4.78, 5) is 25.3. The van der Waals surface area contributed by atoms with Crippen molar-refractivity contribution in [3.05, 3.63) is 0 Å². The molecular weight excluding hydrogens is 236 g/mol. The maximum Gasteiger partial charge on any atom is 0.245 e. The van der Waals surface area contributed by atoms with Gasteiger partial charge in [0.05, 0.1) is 6.54 Å². The van der Waals surface area contributed by atoms with Crippen molar-refractivity contribution >= 4 is 23.6 Å². The second kappa shape index (κ2) is 6.89. The number of nitrogens with one attached hydrogen (secondary N) is 1. The molecule has 1 fully saturated rings. The molecule has 1 aliphatic rings. The van der Waals surface area contributed by atoms with Gasteiger partial charge >= 0.3 is 0 Å². The average molecular weight is 258 g/mol. The Morgan fingerprint density at radius 3 is 2.82 bits per heavy atom. The van der Waals surface area contributed by atoms with Gasteiger partial charge in [-0.15, -0.1) is 0 Å². The molecule has 5 heteroatoms. The lowest BCUT2D eigenvalue weighted by Crippen LogP contribution is -2.58. The summed E-state index contributed by atoms with van der Waals surface area (Å²) in [5.41, 5.74) is 0. The quantitative estimate of drug-likeness (QED) is 0.780. The largest absolute Gasteiger partial charge is 0.343 e. The fourth-order valence-electron chi connectivity index (χ4n) is 1.90. The van der Waals surface area contributed by atoms with E-state index >= 15 is 0 Å². The van der Waals surface area contributed by atoms with Gasteiger partial charge in [-0.25, -0.2) is 0 Å². The molecule has 0 radical (unpaired) electrons. The van der Waals surface area contributed by atoms with E-state index in [0.29, 0.717) is 11.8 Å². The molecule has 1 aliphatic heterocycles. The molecule has 0 bridgehead atoms. The van der Waals surface area contributed by atoms with Gasteiger partial charge in [-0.3, -0.25) is 9.59 Å². The molecule has 2 unspecified atom stereocenters. The average Bonchev–Trinajstić information content (AvgIpc) is 2.31. The zero-order valence-electron chi connectivity index (χ0n) is 10.9. The first-order valence-electron chi connectivity index (χ1n) is 6.19. The van der Waals surface area contributed by atoms with Gasteiger partial charge in [-0.2, -0.15) is 11.8 Å². The lowest BCUT2D eigenvalue weighted by atomic mass is 10.1. The van der Waals surface area contributed by atoms with Crippen molar-refractivity contribution in [2.45, 2.75) is 44.4 Å². The molecule has 17 heavy (non-hydrogen) atoms. The van der Waals surface area contributed by atoms with Gasteiger partial charge in [0.25, 0.3) is 0 Å². The van der Waals surface area contributed by atoms with E-state index in [4.69, 9.17) is 0 Å². The number of hydrogen-bond acceptors (Lipinski definition) is 3. The van der Waals surface area contributed by atoms with Crippen molar-refractivity contribution in [3.8, 4) is 0 Å². The van der Waals surface area contributed by atoms with Crippen LogP contribution in [0.4, 0.5) is 0 Å². The van der Waals surface area contributed by atoms with Gasteiger partial charge in [-0.1, -0.05) is 20.3 Å². The van der Waals surface area contributed by atoms with Crippen LogP contribution in [0, 0.1) is 0 Å². The molecule has 0 saturated carbocycles. The van der Waals surface area contributed by atoms with Crippen LogP contribution in [-0.2, 0) is 9.59 Å². The summed E-state index contributed by atoms with van der Waals surface area (Å²) in [7, 11) is 0. The van der Waals surface area contributed by atoms with Crippen molar-refractivity contribution in [2.24, 2.45) is 0 Å². The molecule has 4 nitrogen and oxygen atoms in total. The predicted octanol–water partition coefficient (Wildman–Crippen LogP) is 1.26. The summed E-state index contributed by atoms with van der Waals surface area (Å²) in [5.74, 6) is 0.0552. The number of rotatable bonds is 6. The highest BCUT2D eigenvalue weighted by Gasteiger charge is 2.31. The van der Waals surface area contributed by atoms with E-state index in [2.05, 4.69) is 18.5 Å². The van der Waals surface area contributed by atoms with Crippen LogP contribution in [0.2, 0.25) is 0 Å². The number of carbonyl (C=O) groups excluding carboxylic acids is 2. The maximum atomic E-state index is 12.1. The normalized spacial score (nSPS) is 22.5. The van der Waals surface area contributed by atoms with Crippen molar-refractivity contribution < 1.29 is 9.59 Å². The van der Waals surface area contributed by atoms with E-state index in [1.807, 2.05) is 6.92 Å². The summed E-state index contributed by atoms with van der Waals surface area (Å²) in [6.45, 7) is 5.07. The monoisotopic (exact) mass is 258 g/mol. The van der Waals surface area contributed by atoms with E-state index in [1.54, 1.807) is 16.7 Å². The molecule has 98 valence electrons. The second-order valence-corrected chi connectivity index (χ2v) is 5.78. The molecular formula is C12H22N2O2S. The minimum absolute atomic E-state index is 0.0279. The van der Waals surface area contributed by atoms with Crippen LogP contribution in [0.5, 0.6) is 0 Å². The third-order valence-electron chi connectivity index (χ3n) is 3.06. The van der Waals surface area contributed by atoms with Gasteiger partial charge in [0.2, 0.25) is 11.8 Å². The number of piperazine rings is 1. The summed E-state index contributed by atoms with van der Waals surface area (Å²) in [6, 6.07) is -0.300. The summed E-state index contributed by atoms with van der Waals surface area (Å²) in [6.07, 6.45) is 4.65. The van der Waals surface area contributed by atoms with E-state index in [9.17, 15) is 9.59 Å². The van der Waals surface area contributed by atoms with E-state index < -0.39 is 0 Å². The number of thioether (sulfide) groups is 1. The van der Waals surface area contributed by atoms with Crippen LogP contribution in [0.25, 0.3) is 0 Å². The summed E-state index contributed by atoms with van der Waals surface area (Å²) in [5, 5.41) is 3.29. The fourth-order valence-corrected chi connectivity index (χ4v) is 2.24. The van der Waals surface area contributed by atoms with Gasteiger partial charge in [-0.05, 0) is 19.1 Å². The van der Waals surface area contributed by atoms with Gasteiger partial charge in [0.15, 0.2) is 0 Å². The molecule has 2 atom stereocenters. The van der Waals surface area contributed by atoms with Crippen molar-refractivity contribution in [3.63, 3.8) is 0 Å². The molecule has 1 rings (SSSR count). The summed E-state index contributed by atoms with van der Waals surface area (Å²) < 4.78 is 0. The first-order chi connectivity index (χ1) is 8.08.